The van der Waals surface area contributed by atoms with Crippen molar-refractivity contribution in [3.8, 4) is 6.07 Å². The topological polar surface area (TPSA) is 23.8 Å². The number of nitrogens with zero attached hydrogens (tertiary/aromatic N) is 1. The average Bonchev–Trinajstić information content (AvgIpc) is 2.52. The van der Waals surface area contributed by atoms with E-state index in [9.17, 15) is 0 Å². The van der Waals surface area contributed by atoms with Crippen molar-refractivity contribution in [2.24, 2.45) is 23.7 Å². The normalized spacial score (nSPS) is 35.0. The van der Waals surface area contributed by atoms with E-state index in [1.54, 1.807) is 0 Å². The number of rotatable bonds is 5. The smallest absolute Gasteiger partial charge is 0.0655 e. The summed E-state index contributed by atoms with van der Waals surface area (Å²) in [5.41, 5.74) is 0. The fourth-order valence-electron chi connectivity index (χ4n) is 4.05. The van der Waals surface area contributed by atoms with E-state index in [4.69, 9.17) is 5.26 Å². The molecule has 2 aliphatic rings. The van der Waals surface area contributed by atoms with Crippen LogP contribution in [0.2, 0.25) is 0 Å². The van der Waals surface area contributed by atoms with Crippen LogP contribution < -0.4 is 0 Å². The van der Waals surface area contributed by atoms with Crippen LogP contribution in [0.25, 0.3) is 0 Å². The summed E-state index contributed by atoms with van der Waals surface area (Å²) in [4.78, 5) is 0. The van der Waals surface area contributed by atoms with Gasteiger partial charge in [-0.05, 0) is 75.5 Å². The summed E-state index contributed by atoms with van der Waals surface area (Å²) in [6.45, 7) is 2.23. The van der Waals surface area contributed by atoms with Gasteiger partial charge in [0.05, 0.1) is 6.07 Å². The van der Waals surface area contributed by atoms with Gasteiger partial charge in [-0.25, -0.2) is 0 Å². The summed E-state index contributed by atoms with van der Waals surface area (Å²) in [5.74, 6) is 3.16. The van der Waals surface area contributed by atoms with Gasteiger partial charge >= 0.3 is 0 Å². The van der Waals surface area contributed by atoms with Crippen LogP contribution in [0.15, 0.2) is 12.2 Å². The van der Waals surface area contributed by atoms with Crippen molar-refractivity contribution in [1.82, 2.24) is 0 Å². The molecule has 0 aliphatic heterocycles. The van der Waals surface area contributed by atoms with Gasteiger partial charge in [-0.2, -0.15) is 5.26 Å². The molecule has 0 saturated heterocycles. The highest BCUT2D eigenvalue weighted by atomic mass is 14.3. The van der Waals surface area contributed by atoms with E-state index in [1.807, 2.05) is 0 Å². The molecule has 1 nitrogen and oxygen atoms in total. The molecule has 0 unspecified atom stereocenters. The molecule has 0 aromatic heterocycles. The fraction of sp³-hybridized carbons (Fsp3) is 0.842. The minimum Gasteiger partial charge on any atom is -0.198 e. The third-order valence-electron chi connectivity index (χ3n) is 5.55. The first-order chi connectivity index (χ1) is 9.81. The Bertz CT molecular complexity index is 322. The van der Waals surface area contributed by atoms with E-state index in [-0.39, 0.29) is 0 Å². The van der Waals surface area contributed by atoms with E-state index in [2.05, 4.69) is 25.1 Å². The Morgan fingerprint density at radius 3 is 1.95 bits per heavy atom. The molecule has 2 saturated carbocycles. The molecule has 0 N–H and O–H groups in total. The van der Waals surface area contributed by atoms with E-state index in [0.29, 0.717) is 5.92 Å². The predicted molar refractivity (Wildman–Crippen MR) is 85.2 cm³/mol. The van der Waals surface area contributed by atoms with Gasteiger partial charge in [0.2, 0.25) is 0 Å². The van der Waals surface area contributed by atoms with Crippen LogP contribution in [0.5, 0.6) is 0 Å². The van der Waals surface area contributed by atoms with E-state index >= 15 is 0 Å². The molecule has 2 rings (SSSR count). The molecule has 0 heterocycles. The van der Waals surface area contributed by atoms with Crippen LogP contribution in [-0.2, 0) is 0 Å². The second-order valence-corrected chi connectivity index (χ2v) is 7.04. The van der Waals surface area contributed by atoms with Crippen LogP contribution >= 0.6 is 0 Å². The third-order valence-corrected chi connectivity index (χ3v) is 5.55. The van der Waals surface area contributed by atoms with Crippen LogP contribution in [0.4, 0.5) is 0 Å². The number of hydrogen-bond donors (Lipinski definition) is 0. The molecule has 1 heteroatoms. The lowest BCUT2D eigenvalue weighted by Crippen LogP contribution is -2.17. The van der Waals surface area contributed by atoms with Crippen LogP contribution in [-0.4, -0.2) is 0 Å². The minimum absolute atomic E-state index is 0.368. The van der Waals surface area contributed by atoms with Crippen LogP contribution in [0.3, 0.4) is 0 Å². The molecule has 20 heavy (non-hydrogen) atoms. The predicted octanol–water partition coefficient (Wildman–Crippen LogP) is 5.87. The van der Waals surface area contributed by atoms with Gasteiger partial charge in [0, 0.05) is 5.92 Å². The molecule has 0 atom stereocenters. The van der Waals surface area contributed by atoms with Crippen molar-refractivity contribution in [1.29, 1.82) is 5.26 Å². The molecular weight excluding hydrogens is 242 g/mol. The summed E-state index contributed by atoms with van der Waals surface area (Å²) in [6.07, 6.45) is 19.6. The monoisotopic (exact) mass is 273 g/mol. The molecular formula is C19H31N. The van der Waals surface area contributed by atoms with Gasteiger partial charge in [-0.15, -0.1) is 0 Å². The molecule has 2 fully saturated rings. The summed E-state index contributed by atoms with van der Waals surface area (Å²) in [6, 6.07) is 2.45. The Kier molecular flexibility index (Phi) is 6.64. The first-order valence-corrected chi connectivity index (χ1v) is 8.88. The molecule has 112 valence electrons. The van der Waals surface area contributed by atoms with Gasteiger partial charge in [0.25, 0.3) is 0 Å². The molecule has 0 radical (unpaired) electrons. The Hall–Kier alpha value is -0.770. The van der Waals surface area contributed by atoms with Gasteiger partial charge in [-0.1, -0.05) is 31.9 Å². The van der Waals surface area contributed by atoms with Crippen molar-refractivity contribution in [3.63, 3.8) is 0 Å². The van der Waals surface area contributed by atoms with Gasteiger partial charge in [0.1, 0.15) is 0 Å². The van der Waals surface area contributed by atoms with Gasteiger partial charge in [0.15, 0.2) is 0 Å². The van der Waals surface area contributed by atoms with Gasteiger partial charge < -0.3 is 0 Å². The summed E-state index contributed by atoms with van der Waals surface area (Å²) < 4.78 is 0. The second-order valence-electron chi connectivity index (χ2n) is 7.04. The van der Waals surface area contributed by atoms with Crippen molar-refractivity contribution in [2.45, 2.75) is 77.6 Å². The zero-order valence-electron chi connectivity index (χ0n) is 13.2. The fourth-order valence-corrected chi connectivity index (χ4v) is 4.05. The SMILES string of the molecule is CC/C=C/[C@H]1CC[C@H](CCC2CCC(C#N)CC2)CC1. The molecule has 0 spiro atoms. The van der Waals surface area contributed by atoms with Crippen molar-refractivity contribution in [3.05, 3.63) is 12.2 Å². The lowest BCUT2D eigenvalue weighted by molar-refractivity contribution is 0.242. The highest BCUT2D eigenvalue weighted by molar-refractivity contribution is 4.91. The average molecular weight is 273 g/mol. The molecule has 2 aliphatic carbocycles. The lowest BCUT2D eigenvalue weighted by atomic mass is 9.76. The Morgan fingerprint density at radius 2 is 1.45 bits per heavy atom. The molecule has 0 amide bonds. The molecule has 0 aromatic carbocycles. The maximum Gasteiger partial charge on any atom is 0.0655 e. The largest absolute Gasteiger partial charge is 0.198 e. The highest BCUT2D eigenvalue weighted by Gasteiger charge is 2.23. The number of nitriles is 1. The zero-order valence-corrected chi connectivity index (χ0v) is 13.2. The van der Waals surface area contributed by atoms with Crippen molar-refractivity contribution in [2.75, 3.05) is 0 Å². The molecule has 0 bridgehead atoms. The Balaban J connectivity index is 1.60. The Morgan fingerprint density at radius 1 is 0.900 bits per heavy atom. The maximum absolute atomic E-state index is 8.94. The standard InChI is InChI=1S/C19H31N/c1-2-3-4-16-5-7-17(8-6-16)9-10-18-11-13-19(15-20)14-12-18/h3-4,16-19H,2,5-14H2,1H3/b4-3+/t16-,17-,18?,19?. The summed E-state index contributed by atoms with van der Waals surface area (Å²) in [7, 11) is 0. The van der Waals surface area contributed by atoms with Crippen LogP contribution in [0.1, 0.15) is 77.6 Å². The van der Waals surface area contributed by atoms with E-state index < -0.39 is 0 Å². The summed E-state index contributed by atoms with van der Waals surface area (Å²) in [5, 5.41) is 8.94. The third kappa shape index (κ3) is 4.97. The van der Waals surface area contributed by atoms with Crippen molar-refractivity contribution < 1.29 is 0 Å². The minimum atomic E-state index is 0.368. The van der Waals surface area contributed by atoms with Crippen LogP contribution in [0, 0.1) is 35.0 Å². The molecule has 0 aromatic rings. The summed E-state index contributed by atoms with van der Waals surface area (Å²) >= 11 is 0. The second kappa shape index (κ2) is 8.50. The van der Waals surface area contributed by atoms with Crippen molar-refractivity contribution >= 4 is 0 Å². The highest BCUT2D eigenvalue weighted by Crippen LogP contribution is 2.36. The Labute approximate surface area is 125 Å². The maximum atomic E-state index is 8.94. The lowest BCUT2D eigenvalue weighted by Gasteiger charge is -2.30. The first-order valence-electron chi connectivity index (χ1n) is 8.88. The zero-order chi connectivity index (χ0) is 14.2. The first kappa shape index (κ1) is 15.6. The van der Waals surface area contributed by atoms with E-state index in [0.717, 1.165) is 30.6 Å². The van der Waals surface area contributed by atoms with Gasteiger partial charge in [-0.3, -0.25) is 0 Å². The number of allylic oxidation sites excluding steroid dienone is 2. The number of hydrogen-bond acceptors (Lipinski definition) is 1. The quantitative estimate of drug-likeness (QED) is 0.575. The van der Waals surface area contributed by atoms with E-state index in [1.165, 1.54) is 57.8 Å².